The number of hydrogen-bond acceptors (Lipinski definition) is 4. The first-order chi connectivity index (χ1) is 11.0. The average Bonchev–Trinajstić information content (AvgIpc) is 2.79. The van der Waals surface area contributed by atoms with Crippen molar-refractivity contribution >= 4 is 34.9 Å². The summed E-state index contributed by atoms with van der Waals surface area (Å²) in [6, 6.07) is 16.8. The number of nitrogens with zero attached hydrogens (tertiary/aromatic N) is 1. The molecule has 2 aromatic carbocycles. The van der Waals surface area contributed by atoms with Crippen molar-refractivity contribution in [1.29, 1.82) is 0 Å². The minimum atomic E-state index is 0.0780. The zero-order valence-electron chi connectivity index (χ0n) is 13.2. The van der Waals surface area contributed by atoms with Crippen molar-refractivity contribution in [3.05, 3.63) is 69.3 Å². The van der Waals surface area contributed by atoms with E-state index in [0.717, 1.165) is 19.0 Å². The Morgan fingerprint density at radius 2 is 1.30 bits per heavy atom. The van der Waals surface area contributed by atoms with Gasteiger partial charge >= 0.3 is 4.87 Å². The van der Waals surface area contributed by atoms with E-state index in [1.807, 2.05) is 7.05 Å². The SMILES string of the molecule is Cc1ccc(Sc2sc(=O)n(C)c2Sc2ccc(C)cc2)cc1. The topological polar surface area (TPSA) is 22.0 Å². The molecule has 23 heavy (non-hydrogen) atoms. The van der Waals surface area contributed by atoms with E-state index in [-0.39, 0.29) is 4.87 Å². The van der Waals surface area contributed by atoms with Gasteiger partial charge in [0.15, 0.2) is 0 Å². The third-order valence-electron chi connectivity index (χ3n) is 3.40. The maximum atomic E-state index is 12.1. The molecule has 0 atom stereocenters. The molecule has 0 fully saturated rings. The van der Waals surface area contributed by atoms with Crippen LogP contribution >= 0.6 is 34.9 Å². The van der Waals surface area contributed by atoms with Crippen molar-refractivity contribution in [1.82, 2.24) is 4.57 Å². The summed E-state index contributed by atoms with van der Waals surface area (Å²) >= 11 is 4.61. The van der Waals surface area contributed by atoms with Crippen LogP contribution in [0, 0.1) is 13.8 Å². The third-order valence-corrected chi connectivity index (χ3v) is 7.05. The molecule has 0 bridgehead atoms. The minimum absolute atomic E-state index is 0.0780. The van der Waals surface area contributed by atoms with E-state index < -0.39 is 0 Å². The highest BCUT2D eigenvalue weighted by molar-refractivity contribution is 8.03. The van der Waals surface area contributed by atoms with Gasteiger partial charge in [-0.2, -0.15) is 0 Å². The number of thiazole rings is 1. The molecular formula is C18H17NOS3. The van der Waals surface area contributed by atoms with Crippen LogP contribution in [0.1, 0.15) is 11.1 Å². The monoisotopic (exact) mass is 359 g/mol. The van der Waals surface area contributed by atoms with Crippen molar-refractivity contribution in [2.24, 2.45) is 7.05 Å². The van der Waals surface area contributed by atoms with Crippen LogP contribution in [-0.2, 0) is 7.05 Å². The molecule has 3 aromatic rings. The van der Waals surface area contributed by atoms with Crippen LogP contribution in [0.15, 0.2) is 72.4 Å². The summed E-state index contributed by atoms with van der Waals surface area (Å²) in [5, 5.41) is 1.01. The number of benzene rings is 2. The maximum absolute atomic E-state index is 12.1. The van der Waals surface area contributed by atoms with Gasteiger partial charge in [0.2, 0.25) is 0 Å². The fourth-order valence-electron chi connectivity index (χ4n) is 2.02. The average molecular weight is 360 g/mol. The highest BCUT2D eigenvalue weighted by Crippen LogP contribution is 2.40. The van der Waals surface area contributed by atoms with E-state index >= 15 is 0 Å². The van der Waals surface area contributed by atoms with Crippen LogP contribution in [0.3, 0.4) is 0 Å². The first-order valence-corrected chi connectivity index (χ1v) is 9.67. The van der Waals surface area contributed by atoms with E-state index in [1.165, 1.54) is 22.5 Å². The van der Waals surface area contributed by atoms with Crippen LogP contribution < -0.4 is 4.87 Å². The fraction of sp³-hybridized carbons (Fsp3) is 0.167. The molecule has 0 aliphatic heterocycles. The molecule has 2 nitrogen and oxygen atoms in total. The molecule has 0 N–H and O–H groups in total. The maximum Gasteiger partial charge on any atom is 0.308 e. The highest BCUT2D eigenvalue weighted by Gasteiger charge is 2.15. The predicted molar refractivity (Wildman–Crippen MR) is 100 cm³/mol. The lowest BCUT2D eigenvalue weighted by molar-refractivity contribution is 0.781. The van der Waals surface area contributed by atoms with Crippen LogP contribution in [-0.4, -0.2) is 4.57 Å². The zero-order chi connectivity index (χ0) is 16.4. The summed E-state index contributed by atoms with van der Waals surface area (Å²) in [6.45, 7) is 4.15. The summed E-state index contributed by atoms with van der Waals surface area (Å²) in [6.07, 6.45) is 0. The van der Waals surface area contributed by atoms with Crippen molar-refractivity contribution in [3.63, 3.8) is 0 Å². The molecule has 0 saturated heterocycles. The van der Waals surface area contributed by atoms with Crippen LogP contribution in [0.4, 0.5) is 0 Å². The number of hydrogen-bond donors (Lipinski definition) is 0. The number of aryl methyl sites for hydroxylation is 2. The second-order valence-corrected chi connectivity index (χ2v) is 8.72. The van der Waals surface area contributed by atoms with Gasteiger partial charge in [0.25, 0.3) is 0 Å². The molecule has 0 aliphatic rings. The third kappa shape index (κ3) is 3.91. The van der Waals surface area contributed by atoms with Crippen molar-refractivity contribution in [2.75, 3.05) is 0 Å². The van der Waals surface area contributed by atoms with Gasteiger partial charge in [0, 0.05) is 16.8 Å². The van der Waals surface area contributed by atoms with Gasteiger partial charge in [-0.3, -0.25) is 9.36 Å². The number of rotatable bonds is 4. The summed E-state index contributed by atoms with van der Waals surface area (Å²) in [5.74, 6) is 0. The second-order valence-electron chi connectivity index (χ2n) is 5.35. The molecule has 0 aliphatic carbocycles. The Balaban J connectivity index is 1.91. The van der Waals surface area contributed by atoms with Gasteiger partial charge < -0.3 is 0 Å². The summed E-state index contributed by atoms with van der Waals surface area (Å²) in [5.41, 5.74) is 2.48. The summed E-state index contributed by atoms with van der Waals surface area (Å²) in [7, 11) is 1.84. The number of aromatic nitrogens is 1. The van der Waals surface area contributed by atoms with Gasteiger partial charge in [0.05, 0.1) is 0 Å². The quantitative estimate of drug-likeness (QED) is 0.625. The van der Waals surface area contributed by atoms with Gasteiger partial charge in [-0.25, -0.2) is 0 Å². The van der Waals surface area contributed by atoms with E-state index in [2.05, 4.69) is 62.4 Å². The molecule has 0 radical (unpaired) electrons. The lowest BCUT2D eigenvalue weighted by Crippen LogP contribution is -2.07. The normalized spacial score (nSPS) is 10.9. The van der Waals surface area contributed by atoms with Gasteiger partial charge in [-0.15, -0.1) is 0 Å². The van der Waals surface area contributed by atoms with E-state index in [1.54, 1.807) is 28.1 Å². The Hall–Kier alpha value is -1.43. The lowest BCUT2D eigenvalue weighted by Gasteiger charge is -2.06. The second kappa shape index (κ2) is 6.99. The Morgan fingerprint density at radius 1 is 0.826 bits per heavy atom. The largest absolute Gasteiger partial charge is 0.308 e. The van der Waals surface area contributed by atoms with Gasteiger partial charge in [0.1, 0.15) is 9.24 Å². The van der Waals surface area contributed by atoms with Crippen LogP contribution in [0.2, 0.25) is 0 Å². The Morgan fingerprint density at radius 3 is 1.83 bits per heavy atom. The van der Waals surface area contributed by atoms with Crippen LogP contribution in [0.5, 0.6) is 0 Å². The molecule has 5 heteroatoms. The Bertz CT molecular complexity index is 861. The summed E-state index contributed by atoms with van der Waals surface area (Å²) in [4.78, 5) is 14.5. The van der Waals surface area contributed by atoms with E-state index in [9.17, 15) is 4.79 Å². The molecule has 1 heterocycles. The van der Waals surface area contributed by atoms with Crippen LogP contribution in [0.25, 0.3) is 0 Å². The van der Waals surface area contributed by atoms with Gasteiger partial charge in [-0.1, -0.05) is 70.3 Å². The molecule has 0 unspecified atom stereocenters. The first kappa shape index (κ1) is 16.4. The van der Waals surface area contributed by atoms with Crippen molar-refractivity contribution in [2.45, 2.75) is 32.9 Å². The van der Waals surface area contributed by atoms with Crippen molar-refractivity contribution in [3.8, 4) is 0 Å². The Kier molecular flexibility index (Phi) is 4.99. The van der Waals surface area contributed by atoms with Gasteiger partial charge in [-0.05, 0) is 38.1 Å². The standard InChI is InChI=1S/C18H17NOS3/c1-12-4-8-14(9-5-12)21-16-17(23-18(20)19(16)3)22-15-10-6-13(2)7-11-15/h4-11H,1-3H3. The van der Waals surface area contributed by atoms with E-state index in [4.69, 9.17) is 0 Å². The molecule has 0 saturated carbocycles. The fourth-order valence-corrected chi connectivity index (χ4v) is 5.36. The molecule has 3 rings (SSSR count). The molecule has 1 aromatic heterocycles. The molecular weight excluding hydrogens is 342 g/mol. The predicted octanol–water partition coefficient (Wildman–Crippen LogP) is 5.37. The zero-order valence-corrected chi connectivity index (χ0v) is 15.6. The summed E-state index contributed by atoms with van der Waals surface area (Å²) < 4.78 is 2.79. The molecule has 0 amide bonds. The first-order valence-electron chi connectivity index (χ1n) is 7.22. The molecule has 118 valence electrons. The smallest absolute Gasteiger partial charge is 0.295 e. The highest BCUT2D eigenvalue weighted by atomic mass is 32.2. The lowest BCUT2D eigenvalue weighted by atomic mass is 10.2. The van der Waals surface area contributed by atoms with Crippen molar-refractivity contribution < 1.29 is 0 Å². The van der Waals surface area contributed by atoms with E-state index in [0.29, 0.717) is 0 Å². The minimum Gasteiger partial charge on any atom is -0.295 e. The molecule has 0 spiro atoms. The Labute approximate surface area is 148 Å².